The predicted octanol–water partition coefficient (Wildman–Crippen LogP) is 2.70. The van der Waals surface area contributed by atoms with Crippen LogP contribution in [-0.2, 0) is 17.9 Å². The van der Waals surface area contributed by atoms with Gasteiger partial charge in [0.25, 0.3) is 5.91 Å². The smallest absolute Gasteiger partial charge is 0.255 e. The normalized spacial score (nSPS) is 13.7. The first kappa shape index (κ1) is 17.9. The van der Waals surface area contributed by atoms with Crippen LogP contribution in [0.3, 0.4) is 0 Å². The SMILES string of the molecule is O=C(Nc1cnn(Cc2ccccn2)c1)c1cccc(CN2CCCC2=O)c1. The maximum Gasteiger partial charge on any atom is 0.255 e. The maximum absolute atomic E-state index is 12.6. The first-order valence-electron chi connectivity index (χ1n) is 9.28. The molecule has 1 aliphatic rings. The molecule has 7 heteroatoms. The van der Waals surface area contributed by atoms with Crippen molar-refractivity contribution in [1.82, 2.24) is 19.7 Å². The van der Waals surface area contributed by atoms with E-state index in [9.17, 15) is 9.59 Å². The number of nitrogens with one attached hydrogen (secondary N) is 1. The fraction of sp³-hybridized carbons (Fsp3) is 0.238. The minimum Gasteiger partial charge on any atom is -0.338 e. The number of likely N-dealkylation sites (tertiary alicyclic amines) is 1. The van der Waals surface area contributed by atoms with Gasteiger partial charge in [-0.1, -0.05) is 18.2 Å². The molecule has 142 valence electrons. The van der Waals surface area contributed by atoms with E-state index in [0.29, 0.717) is 30.8 Å². The third kappa shape index (κ3) is 4.25. The van der Waals surface area contributed by atoms with Crippen LogP contribution in [0, 0.1) is 0 Å². The summed E-state index contributed by atoms with van der Waals surface area (Å²) in [6.07, 6.45) is 6.65. The summed E-state index contributed by atoms with van der Waals surface area (Å²) in [5.74, 6) is -0.0258. The molecule has 0 saturated carbocycles. The van der Waals surface area contributed by atoms with Crippen LogP contribution in [-0.4, -0.2) is 38.0 Å². The van der Waals surface area contributed by atoms with Crippen molar-refractivity contribution in [2.24, 2.45) is 0 Å². The number of benzene rings is 1. The van der Waals surface area contributed by atoms with Gasteiger partial charge >= 0.3 is 0 Å². The number of hydrogen-bond donors (Lipinski definition) is 1. The van der Waals surface area contributed by atoms with Gasteiger partial charge in [0.2, 0.25) is 5.91 Å². The second-order valence-corrected chi connectivity index (χ2v) is 6.82. The molecule has 1 N–H and O–H groups in total. The van der Waals surface area contributed by atoms with Crippen LogP contribution in [0.15, 0.2) is 61.1 Å². The highest BCUT2D eigenvalue weighted by atomic mass is 16.2. The summed E-state index contributed by atoms with van der Waals surface area (Å²) in [6.45, 7) is 1.86. The number of anilines is 1. The van der Waals surface area contributed by atoms with E-state index in [0.717, 1.165) is 24.2 Å². The third-order valence-corrected chi connectivity index (χ3v) is 4.68. The molecule has 0 unspecified atom stereocenters. The first-order chi connectivity index (χ1) is 13.7. The van der Waals surface area contributed by atoms with Gasteiger partial charge in [-0.2, -0.15) is 5.10 Å². The minimum absolute atomic E-state index is 0.176. The molecule has 7 nitrogen and oxygen atoms in total. The molecule has 3 aromatic rings. The topological polar surface area (TPSA) is 80.1 Å². The van der Waals surface area contributed by atoms with Gasteiger partial charge in [-0.3, -0.25) is 19.3 Å². The van der Waals surface area contributed by atoms with Crippen molar-refractivity contribution in [1.29, 1.82) is 0 Å². The Morgan fingerprint density at radius 3 is 2.86 bits per heavy atom. The van der Waals surface area contributed by atoms with Crippen molar-refractivity contribution in [2.45, 2.75) is 25.9 Å². The van der Waals surface area contributed by atoms with Gasteiger partial charge in [0.05, 0.1) is 24.1 Å². The van der Waals surface area contributed by atoms with E-state index in [1.165, 1.54) is 0 Å². The second-order valence-electron chi connectivity index (χ2n) is 6.82. The molecule has 4 rings (SSSR count). The molecular weight excluding hydrogens is 354 g/mol. The molecule has 0 aliphatic carbocycles. The van der Waals surface area contributed by atoms with Crippen LogP contribution in [0.5, 0.6) is 0 Å². The van der Waals surface area contributed by atoms with Crippen molar-refractivity contribution in [2.75, 3.05) is 11.9 Å². The summed E-state index contributed by atoms with van der Waals surface area (Å²) in [5.41, 5.74) is 3.03. The Morgan fingerprint density at radius 1 is 1.14 bits per heavy atom. The lowest BCUT2D eigenvalue weighted by Gasteiger charge is -2.15. The van der Waals surface area contributed by atoms with Crippen LogP contribution in [0.1, 0.15) is 34.5 Å². The van der Waals surface area contributed by atoms with Gasteiger partial charge in [-0.15, -0.1) is 0 Å². The van der Waals surface area contributed by atoms with Gasteiger partial charge in [-0.25, -0.2) is 0 Å². The quantitative estimate of drug-likeness (QED) is 0.718. The molecule has 2 amide bonds. The van der Waals surface area contributed by atoms with Gasteiger partial charge in [0.1, 0.15) is 0 Å². The van der Waals surface area contributed by atoms with E-state index in [4.69, 9.17) is 0 Å². The molecule has 1 fully saturated rings. The molecule has 0 atom stereocenters. The summed E-state index contributed by atoms with van der Waals surface area (Å²) in [7, 11) is 0. The van der Waals surface area contributed by atoms with Gasteiger partial charge in [-0.05, 0) is 36.2 Å². The molecule has 1 aromatic carbocycles. The lowest BCUT2D eigenvalue weighted by molar-refractivity contribution is -0.128. The summed E-state index contributed by atoms with van der Waals surface area (Å²) in [5, 5.41) is 7.14. The summed E-state index contributed by atoms with van der Waals surface area (Å²) in [6, 6.07) is 13.1. The predicted molar refractivity (Wildman–Crippen MR) is 105 cm³/mol. The van der Waals surface area contributed by atoms with Crippen LogP contribution < -0.4 is 5.32 Å². The summed E-state index contributed by atoms with van der Waals surface area (Å²) in [4.78, 5) is 30.5. The third-order valence-electron chi connectivity index (χ3n) is 4.68. The first-order valence-corrected chi connectivity index (χ1v) is 9.28. The Labute approximate surface area is 163 Å². The Bertz CT molecular complexity index is 983. The Balaban J connectivity index is 1.40. The lowest BCUT2D eigenvalue weighted by Crippen LogP contribution is -2.24. The van der Waals surface area contributed by atoms with E-state index in [2.05, 4.69) is 15.4 Å². The second kappa shape index (κ2) is 8.04. The van der Waals surface area contributed by atoms with E-state index < -0.39 is 0 Å². The molecule has 28 heavy (non-hydrogen) atoms. The molecule has 1 saturated heterocycles. The van der Waals surface area contributed by atoms with Crippen molar-refractivity contribution in [3.8, 4) is 0 Å². The highest BCUT2D eigenvalue weighted by molar-refractivity contribution is 6.04. The zero-order valence-electron chi connectivity index (χ0n) is 15.4. The molecule has 0 spiro atoms. The largest absolute Gasteiger partial charge is 0.338 e. The number of rotatable bonds is 6. The van der Waals surface area contributed by atoms with Crippen molar-refractivity contribution in [3.63, 3.8) is 0 Å². The van der Waals surface area contributed by atoms with Crippen molar-refractivity contribution in [3.05, 3.63) is 77.9 Å². The number of nitrogens with zero attached hydrogens (tertiary/aromatic N) is 4. The van der Waals surface area contributed by atoms with Crippen LogP contribution in [0.2, 0.25) is 0 Å². The summed E-state index contributed by atoms with van der Waals surface area (Å²) < 4.78 is 1.73. The zero-order valence-corrected chi connectivity index (χ0v) is 15.4. The molecule has 0 bridgehead atoms. The fourth-order valence-corrected chi connectivity index (χ4v) is 3.28. The lowest BCUT2D eigenvalue weighted by atomic mass is 10.1. The number of carbonyl (C=O) groups is 2. The minimum atomic E-state index is -0.202. The number of pyridine rings is 1. The average molecular weight is 375 g/mol. The zero-order chi connectivity index (χ0) is 19.3. The van der Waals surface area contributed by atoms with Gasteiger partial charge in [0.15, 0.2) is 0 Å². The highest BCUT2D eigenvalue weighted by Crippen LogP contribution is 2.16. The summed E-state index contributed by atoms with van der Waals surface area (Å²) >= 11 is 0. The van der Waals surface area contributed by atoms with Crippen LogP contribution in [0.4, 0.5) is 5.69 Å². The number of aromatic nitrogens is 3. The Hall–Kier alpha value is -3.48. The molecule has 2 aromatic heterocycles. The average Bonchev–Trinajstić information content (AvgIpc) is 3.32. The number of amides is 2. The Kier molecular flexibility index (Phi) is 5.14. The van der Waals surface area contributed by atoms with Crippen molar-refractivity contribution >= 4 is 17.5 Å². The van der Waals surface area contributed by atoms with E-state index in [-0.39, 0.29) is 11.8 Å². The maximum atomic E-state index is 12.6. The van der Waals surface area contributed by atoms with E-state index in [1.807, 2.05) is 41.3 Å². The standard InChI is InChI=1S/C21H21N5O2/c27-20-8-4-10-25(20)13-16-5-3-6-17(11-16)21(28)24-19-12-23-26(15-19)14-18-7-1-2-9-22-18/h1-3,5-7,9,11-12,15H,4,8,10,13-14H2,(H,24,28). The van der Waals surface area contributed by atoms with Gasteiger partial charge < -0.3 is 10.2 Å². The molecular formula is C21H21N5O2. The number of hydrogen-bond acceptors (Lipinski definition) is 4. The molecule has 1 aliphatic heterocycles. The monoisotopic (exact) mass is 375 g/mol. The van der Waals surface area contributed by atoms with E-state index in [1.54, 1.807) is 29.3 Å². The van der Waals surface area contributed by atoms with Crippen LogP contribution in [0.25, 0.3) is 0 Å². The highest BCUT2D eigenvalue weighted by Gasteiger charge is 2.20. The van der Waals surface area contributed by atoms with Crippen LogP contribution >= 0.6 is 0 Å². The Morgan fingerprint density at radius 2 is 2.07 bits per heavy atom. The molecule has 3 heterocycles. The fourth-order valence-electron chi connectivity index (χ4n) is 3.28. The molecule has 0 radical (unpaired) electrons. The number of carbonyl (C=O) groups excluding carboxylic acids is 2. The van der Waals surface area contributed by atoms with Crippen molar-refractivity contribution < 1.29 is 9.59 Å². The van der Waals surface area contributed by atoms with Gasteiger partial charge in [0, 0.05) is 37.5 Å². The van der Waals surface area contributed by atoms with E-state index >= 15 is 0 Å².